The van der Waals surface area contributed by atoms with Crippen LogP contribution >= 0.6 is 0 Å². The van der Waals surface area contributed by atoms with Gasteiger partial charge in [-0.3, -0.25) is 0 Å². The molecular weight excluding hydrogens is 465 g/mol. The van der Waals surface area contributed by atoms with Gasteiger partial charge in [0.15, 0.2) is 0 Å². The van der Waals surface area contributed by atoms with Gasteiger partial charge in [0, 0.05) is 42.0 Å². The van der Waals surface area contributed by atoms with Gasteiger partial charge in [-0.2, -0.15) is 0 Å². The Bertz CT molecular complexity index is 1290. The lowest BCUT2D eigenvalue weighted by molar-refractivity contribution is -0.112. The molecule has 2 fully saturated rings. The van der Waals surface area contributed by atoms with Crippen molar-refractivity contribution < 1.29 is 19.0 Å². The van der Waals surface area contributed by atoms with E-state index in [-0.39, 0.29) is 34.7 Å². The molecule has 6 rings (SSSR count). The molecule has 1 saturated heterocycles. The van der Waals surface area contributed by atoms with Crippen molar-refractivity contribution in [1.29, 1.82) is 0 Å². The third-order valence-electron chi connectivity index (χ3n) is 9.13. The van der Waals surface area contributed by atoms with Crippen LogP contribution in [0.4, 0.5) is 10.1 Å². The summed E-state index contributed by atoms with van der Waals surface area (Å²) in [5, 5.41) is 10.1. The average Bonchev–Trinajstić information content (AvgIpc) is 2.91. The minimum absolute atomic E-state index is 0.0772. The Morgan fingerprint density at radius 1 is 1.00 bits per heavy atom. The number of anilines is 1. The van der Waals surface area contributed by atoms with E-state index in [1.54, 1.807) is 19.2 Å². The van der Waals surface area contributed by atoms with Crippen LogP contribution in [0.5, 0.6) is 11.5 Å². The van der Waals surface area contributed by atoms with Gasteiger partial charge in [0.2, 0.25) is 0 Å². The van der Waals surface area contributed by atoms with Gasteiger partial charge in [-0.1, -0.05) is 36.4 Å². The highest BCUT2D eigenvalue weighted by molar-refractivity contribution is 5.61. The van der Waals surface area contributed by atoms with Crippen LogP contribution in [0, 0.1) is 17.2 Å². The monoisotopic (exact) mass is 499 g/mol. The van der Waals surface area contributed by atoms with Gasteiger partial charge in [0.1, 0.15) is 23.6 Å². The topological polar surface area (TPSA) is 49.8 Å². The number of phenolic OH excluding ortho intramolecular Hbond substituents is 1. The van der Waals surface area contributed by atoms with Crippen molar-refractivity contribution in [2.45, 2.75) is 50.4 Å². The van der Waals surface area contributed by atoms with Crippen LogP contribution in [0.3, 0.4) is 0 Å². The average molecular weight is 500 g/mol. The maximum Gasteiger partial charge on any atom is 0.147 e. The van der Waals surface area contributed by atoms with Crippen LogP contribution in [-0.4, -0.2) is 31.6 Å². The number of phenols is 1. The molecule has 3 aromatic carbocycles. The van der Waals surface area contributed by atoms with Crippen molar-refractivity contribution in [1.82, 2.24) is 0 Å². The number of aldehydes is 1. The van der Waals surface area contributed by atoms with Crippen LogP contribution in [0.1, 0.15) is 66.2 Å². The van der Waals surface area contributed by atoms with Crippen LogP contribution in [0.15, 0.2) is 60.7 Å². The van der Waals surface area contributed by atoms with Crippen molar-refractivity contribution in [2.24, 2.45) is 11.3 Å². The van der Waals surface area contributed by atoms with Crippen LogP contribution < -0.4 is 9.64 Å². The molecular formula is C32H34FNO3. The second kappa shape index (κ2) is 9.51. The number of hydrogen-bond acceptors (Lipinski definition) is 4. The Hall–Kier alpha value is -3.34. The van der Waals surface area contributed by atoms with Crippen molar-refractivity contribution in [3.05, 3.63) is 88.7 Å². The predicted molar refractivity (Wildman–Crippen MR) is 143 cm³/mol. The summed E-state index contributed by atoms with van der Waals surface area (Å²) in [5.41, 5.74) is 5.12. The first-order valence-corrected chi connectivity index (χ1v) is 13.4. The normalized spacial score (nSPS) is 22.8. The fourth-order valence-electron chi connectivity index (χ4n) is 7.11. The van der Waals surface area contributed by atoms with Gasteiger partial charge in [-0.05, 0) is 79.3 Å². The van der Waals surface area contributed by atoms with Gasteiger partial charge < -0.3 is 19.5 Å². The van der Waals surface area contributed by atoms with Crippen molar-refractivity contribution in [3.63, 3.8) is 0 Å². The summed E-state index contributed by atoms with van der Waals surface area (Å²) in [6, 6.07) is 19.6. The van der Waals surface area contributed by atoms with Crippen LogP contribution in [0.2, 0.25) is 0 Å². The zero-order valence-electron chi connectivity index (χ0n) is 21.3. The molecule has 1 heterocycles. The van der Waals surface area contributed by atoms with E-state index < -0.39 is 0 Å². The number of aromatic hydroxyl groups is 1. The molecule has 3 aromatic rings. The predicted octanol–water partition coefficient (Wildman–Crippen LogP) is 6.60. The fraction of sp³-hybridized carbons (Fsp3) is 0.406. The molecule has 1 N–H and O–H groups in total. The SMILES string of the molecule is COc1cc(N2CC3(CCC(C=O)CC3)C2)c(F)cc1C1c2ccc(O)cc2CCC1c1ccccc1. The fourth-order valence-corrected chi connectivity index (χ4v) is 7.11. The highest BCUT2D eigenvalue weighted by atomic mass is 19.1. The lowest BCUT2D eigenvalue weighted by Crippen LogP contribution is -2.58. The number of fused-ring (bicyclic) bond motifs is 1. The smallest absolute Gasteiger partial charge is 0.147 e. The van der Waals surface area contributed by atoms with E-state index in [4.69, 9.17) is 4.74 Å². The quantitative estimate of drug-likeness (QED) is 0.402. The van der Waals surface area contributed by atoms with E-state index in [1.165, 1.54) is 5.56 Å². The summed E-state index contributed by atoms with van der Waals surface area (Å²) < 4.78 is 21.8. The Kier molecular flexibility index (Phi) is 6.18. The summed E-state index contributed by atoms with van der Waals surface area (Å²) in [5.74, 6) is 1.04. The summed E-state index contributed by atoms with van der Waals surface area (Å²) in [6.45, 7) is 1.66. The number of ether oxygens (including phenoxy) is 1. The number of benzene rings is 3. The Morgan fingerprint density at radius 3 is 2.46 bits per heavy atom. The number of carbonyl (C=O) groups is 1. The van der Waals surface area contributed by atoms with Gasteiger partial charge in [-0.15, -0.1) is 0 Å². The largest absolute Gasteiger partial charge is 0.508 e. The van der Waals surface area contributed by atoms with Gasteiger partial charge >= 0.3 is 0 Å². The molecule has 5 heteroatoms. The van der Waals surface area contributed by atoms with Crippen molar-refractivity contribution in [3.8, 4) is 11.5 Å². The first-order chi connectivity index (χ1) is 18.0. The van der Waals surface area contributed by atoms with E-state index in [2.05, 4.69) is 29.2 Å². The molecule has 0 aromatic heterocycles. The van der Waals surface area contributed by atoms with E-state index in [9.17, 15) is 9.90 Å². The van der Waals surface area contributed by atoms with E-state index in [1.807, 2.05) is 24.3 Å². The second-order valence-corrected chi connectivity index (χ2v) is 11.3. The second-order valence-electron chi connectivity index (χ2n) is 11.3. The highest BCUT2D eigenvalue weighted by Gasteiger charge is 2.46. The van der Waals surface area contributed by atoms with E-state index in [0.29, 0.717) is 11.4 Å². The molecule has 0 radical (unpaired) electrons. The Morgan fingerprint density at radius 2 is 1.76 bits per heavy atom. The molecule has 3 aliphatic rings. The summed E-state index contributed by atoms with van der Waals surface area (Å²) in [4.78, 5) is 13.3. The van der Waals surface area contributed by atoms with Crippen molar-refractivity contribution in [2.75, 3.05) is 25.1 Å². The number of aryl methyl sites for hydroxylation is 1. The first kappa shape index (κ1) is 24.0. The van der Waals surface area contributed by atoms with E-state index >= 15 is 4.39 Å². The van der Waals surface area contributed by atoms with Crippen LogP contribution in [0.25, 0.3) is 0 Å². The van der Waals surface area contributed by atoms with Gasteiger partial charge in [-0.25, -0.2) is 4.39 Å². The lowest BCUT2D eigenvalue weighted by Gasteiger charge is -2.54. The standard InChI is InChI=1S/C32H34FNO3/c1-37-30-17-29(34-19-32(20-34)13-11-21(18-35)12-14-32)28(33)16-27(30)31-25(22-5-3-2-4-6-22)9-7-23-15-24(36)8-10-26(23)31/h2-6,8,10,15-18,21,25,31,36H,7,9,11-14,19-20H2,1H3. The van der Waals surface area contributed by atoms with Gasteiger partial charge in [0.05, 0.1) is 12.8 Å². The molecule has 2 atom stereocenters. The zero-order valence-corrected chi connectivity index (χ0v) is 21.3. The summed E-state index contributed by atoms with van der Waals surface area (Å²) in [6.07, 6.45) is 6.83. The molecule has 1 spiro atoms. The zero-order chi connectivity index (χ0) is 25.6. The third-order valence-corrected chi connectivity index (χ3v) is 9.13. The molecule has 2 unspecified atom stereocenters. The molecule has 0 bridgehead atoms. The summed E-state index contributed by atoms with van der Waals surface area (Å²) >= 11 is 0. The molecule has 1 saturated carbocycles. The van der Waals surface area contributed by atoms with Gasteiger partial charge in [0.25, 0.3) is 0 Å². The minimum Gasteiger partial charge on any atom is -0.508 e. The number of halogens is 1. The minimum atomic E-state index is -0.218. The lowest BCUT2D eigenvalue weighted by atomic mass is 9.66. The Labute approximate surface area is 218 Å². The first-order valence-electron chi connectivity index (χ1n) is 13.4. The maximum atomic E-state index is 15.9. The third kappa shape index (κ3) is 4.28. The summed E-state index contributed by atoms with van der Waals surface area (Å²) in [7, 11) is 1.66. The van der Waals surface area contributed by atoms with Crippen molar-refractivity contribution >= 4 is 12.0 Å². The number of nitrogens with zero attached hydrogens (tertiary/aromatic N) is 1. The van der Waals surface area contributed by atoms with Crippen LogP contribution in [-0.2, 0) is 11.2 Å². The number of hydrogen-bond donors (Lipinski definition) is 1. The molecule has 0 amide bonds. The molecule has 192 valence electrons. The Balaban J connectivity index is 1.35. The molecule has 2 aliphatic carbocycles. The highest BCUT2D eigenvalue weighted by Crippen LogP contribution is 2.52. The van der Waals surface area contributed by atoms with E-state index in [0.717, 1.165) is 74.6 Å². The molecule has 4 nitrogen and oxygen atoms in total. The number of carbonyl (C=O) groups excluding carboxylic acids is 1. The maximum absolute atomic E-state index is 15.9. The molecule has 37 heavy (non-hydrogen) atoms. The molecule has 1 aliphatic heterocycles. The number of rotatable bonds is 5. The number of methoxy groups -OCH3 is 1.